The second kappa shape index (κ2) is 3.60. The Balaban J connectivity index is 2.04. The van der Waals surface area contributed by atoms with Gasteiger partial charge in [-0.1, -0.05) is 24.1 Å². The minimum absolute atomic E-state index is 0.211. The van der Waals surface area contributed by atoms with Crippen molar-refractivity contribution in [2.45, 2.75) is 26.2 Å². The summed E-state index contributed by atoms with van der Waals surface area (Å²) in [6, 6.07) is 0. The summed E-state index contributed by atoms with van der Waals surface area (Å²) < 4.78 is 4.62. The molecule has 0 saturated heterocycles. The van der Waals surface area contributed by atoms with Gasteiger partial charge in [0.25, 0.3) is 0 Å². The van der Waals surface area contributed by atoms with Crippen molar-refractivity contribution in [2.75, 3.05) is 7.11 Å². The van der Waals surface area contributed by atoms with Gasteiger partial charge in [-0.25, -0.2) is 4.79 Å². The van der Waals surface area contributed by atoms with Crippen molar-refractivity contribution in [1.82, 2.24) is 0 Å². The fourth-order valence-electron chi connectivity index (χ4n) is 2.44. The monoisotopic (exact) mass is 192 g/mol. The molecule has 2 nitrogen and oxygen atoms in total. The molecule has 0 heterocycles. The van der Waals surface area contributed by atoms with Crippen LogP contribution in [0.4, 0.5) is 0 Å². The van der Waals surface area contributed by atoms with Crippen molar-refractivity contribution in [3.05, 3.63) is 23.3 Å². The van der Waals surface area contributed by atoms with Gasteiger partial charge in [0, 0.05) is 12.0 Å². The van der Waals surface area contributed by atoms with Crippen LogP contribution in [0.25, 0.3) is 0 Å². The highest BCUT2D eigenvalue weighted by Crippen LogP contribution is 2.49. The molecule has 2 rings (SSSR count). The molecule has 14 heavy (non-hydrogen) atoms. The fraction of sp³-hybridized carbons (Fsp3) is 0.583. The molecule has 0 N–H and O–H groups in total. The maximum absolute atomic E-state index is 11.0. The Morgan fingerprint density at radius 3 is 3.07 bits per heavy atom. The van der Waals surface area contributed by atoms with Crippen LogP contribution >= 0.6 is 0 Å². The number of methoxy groups -OCH3 is 1. The fourth-order valence-corrected chi connectivity index (χ4v) is 2.44. The standard InChI is InChI=1S/C12H16O2/c1-3-8-4-9-6-10(11(9)5-8)7-12(13)14-2/h5,7,9,11H,3-4,6H2,1-2H3/t9-,11-/m1/s1. The third-order valence-electron chi connectivity index (χ3n) is 3.33. The lowest BCUT2D eigenvalue weighted by atomic mass is 9.71. The topological polar surface area (TPSA) is 26.3 Å². The Bertz CT molecular complexity index is 312. The quantitative estimate of drug-likeness (QED) is 0.381. The molecule has 0 aromatic heterocycles. The minimum atomic E-state index is -0.211. The van der Waals surface area contributed by atoms with E-state index in [0.29, 0.717) is 5.92 Å². The van der Waals surface area contributed by atoms with E-state index in [1.165, 1.54) is 19.1 Å². The molecule has 0 amide bonds. The highest BCUT2D eigenvalue weighted by atomic mass is 16.5. The first-order valence-electron chi connectivity index (χ1n) is 5.22. The minimum Gasteiger partial charge on any atom is -0.466 e. The summed E-state index contributed by atoms with van der Waals surface area (Å²) in [6.45, 7) is 2.19. The van der Waals surface area contributed by atoms with Gasteiger partial charge in [-0.3, -0.25) is 0 Å². The zero-order valence-electron chi connectivity index (χ0n) is 8.75. The molecular formula is C12H16O2. The Labute approximate surface area is 84.6 Å². The number of allylic oxidation sites excluding steroid dienone is 3. The van der Waals surface area contributed by atoms with Gasteiger partial charge in [0.1, 0.15) is 0 Å². The normalized spacial score (nSPS) is 32.1. The van der Waals surface area contributed by atoms with Crippen molar-refractivity contribution < 1.29 is 9.53 Å². The van der Waals surface area contributed by atoms with Gasteiger partial charge in [0.15, 0.2) is 0 Å². The largest absolute Gasteiger partial charge is 0.466 e. The molecule has 0 spiro atoms. The summed E-state index contributed by atoms with van der Waals surface area (Å²) in [5, 5.41) is 0. The highest BCUT2D eigenvalue weighted by molar-refractivity contribution is 5.83. The lowest BCUT2D eigenvalue weighted by molar-refractivity contribution is -0.135. The molecule has 1 saturated carbocycles. The Kier molecular flexibility index (Phi) is 2.44. The first-order chi connectivity index (χ1) is 6.74. The van der Waals surface area contributed by atoms with E-state index >= 15 is 0 Å². The molecule has 2 atom stereocenters. The van der Waals surface area contributed by atoms with E-state index in [4.69, 9.17) is 0 Å². The van der Waals surface area contributed by atoms with Crippen LogP contribution < -0.4 is 0 Å². The van der Waals surface area contributed by atoms with Gasteiger partial charge >= 0.3 is 5.97 Å². The maximum atomic E-state index is 11.0. The molecule has 0 unspecified atom stereocenters. The zero-order valence-corrected chi connectivity index (χ0v) is 8.75. The SMILES string of the molecule is CCC1=C[C@H]2C(=CC(=O)OC)C[C@H]2C1. The van der Waals surface area contributed by atoms with Gasteiger partial charge < -0.3 is 4.74 Å². The molecule has 0 bridgehead atoms. The molecule has 2 aliphatic carbocycles. The van der Waals surface area contributed by atoms with Crippen molar-refractivity contribution >= 4 is 5.97 Å². The number of fused-ring (bicyclic) bond motifs is 1. The first kappa shape index (κ1) is 9.50. The average Bonchev–Trinajstić information content (AvgIpc) is 2.51. The van der Waals surface area contributed by atoms with Crippen LogP contribution in [-0.4, -0.2) is 13.1 Å². The molecule has 0 aromatic carbocycles. The van der Waals surface area contributed by atoms with Crippen LogP contribution in [0.3, 0.4) is 0 Å². The molecular weight excluding hydrogens is 176 g/mol. The van der Waals surface area contributed by atoms with Gasteiger partial charge in [0.05, 0.1) is 7.11 Å². The van der Waals surface area contributed by atoms with E-state index in [1.54, 1.807) is 11.6 Å². The van der Waals surface area contributed by atoms with Crippen molar-refractivity contribution in [2.24, 2.45) is 11.8 Å². The third-order valence-corrected chi connectivity index (χ3v) is 3.33. The van der Waals surface area contributed by atoms with Crippen LogP contribution in [-0.2, 0) is 9.53 Å². The van der Waals surface area contributed by atoms with E-state index in [0.717, 1.165) is 18.8 Å². The summed E-state index contributed by atoms with van der Waals surface area (Å²) in [5.74, 6) is 1.11. The Morgan fingerprint density at radius 1 is 1.64 bits per heavy atom. The van der Waals surface area contributed by atoms with Gasteiger partial charge in [-0.2, -0.15) is 0 Å². The number of ether oxygens (including phenoxy) is 1. The van der Waals surface area contributed by atoms with E-state index in [9.17, 15) is 4.79 Å². The third kappa shape index (κ3) is 1.49. The zero-order chi connectivity index (χ0) is 10.1. The molecule has 0 aliphatic heterocycles. The number of esters is 1. The Hall–Kier alpha value is -1.05. The second-order valence-electron chi connectivity index (χ2n) is 4.11. The first-order valence-corrected chi connectivity index (χ1v) is 5.22. The number of carbonyl (C=O) groups excluding carboxylic acids is 1. The van der Waals surface area contributed by atoms with Crippen molar-refractivity contribution in [3.63, 3.8) is 0 Å². The molecule has 76 valence electrons. The number of rotatable bonds is 2. The predicted octanol–water partition coefficient (Wildman–Crippen LogP) is 2.46. The smallest absolute Gasteiger partial charge is 0.330 e. The summed E-state index contributed by atoms with van der Waals surface area (Å²) in [6.07, 6.45) is 7.47. The van der Waals surface area contributed by atoms with E-state index in [-0.39, 0.29) is 5.97 Å². The van der Waals surface area contributed by atoms with Gasteiger partial charge in [-0.05, 0) is 25.2 Å². The Morgan fingerprint density at radius 2 is 2.43 bits per heavy atom. The summed E-state index contributed by atoms with van der Waals surface area (Å²) in [5.41, 5.74) is 2.80. The number of carbonyl (C=O) groups is 1. The average molecular weight is 192 g/mol. The van der Waals surface area contributed by atoms with E-state index in [1.807, 2.05) is 0 Å². The molecule has 0 radical (unpaired) electrons. The predicted molar refractivity (Wildman–Crippen MR) is 54.7 cm³/mol. The van der Waals surface area contributed by atoms with Crippen LogP contribution in [0.2, 0.25) is 0 Å². The lowest BCUT2D eigenvalue weighted by Crippen LogP contribution is -2.24. The van der Waals surface area contributed by atoms with Gasteiger partial charge in [0.2, 0.25) is 0 Å². The lowest BCUT2D eigenvalue weighted by Gasteiger charge is -2.33. The maximum Gasteiger partial charge on any atom is 0.330 e. The molecule has 2 heteroatoms. The summed E-state index contributed by atoms with van der Waals surface area (Å²) >= 11 is 0. The number of hydrogen-bond acceptors (Lipinski definition) is 2. The van der Waals surface area contributed by atoms with Crippen molar-refractivity contribution in [3.8, 4) is 0 Å². The van der Waals surface area contributed by atoms with Crippen molar-refractivity contribution in [1.29, 1.82) is 0 Å². The highest BCUT2D eigenvalue weighted by Gasteiger charge is 2.38. The van der Waals surface area contributed by atoms with Crippen LogP contribution in [0.5, 0.6) is 0 Å². The second-order valence-corrected chi connectivity index (χ2v) is 4.11. The molecule has 1 fully saturated rings. The van der Waals surface area contributed by atoms with Crippen LogP contribution in [0.1, 0.15) is 26.2 Å². The molecule has 0 aromatic rings. The summed E-state index contributed by atoms with van der Waals surface area (Å²) in [4.78, 5) is 11.0. The number of hydrogen-bond donors (Lipinski definition) is 0. The van der Waals surface area contributed by atoms with Gasteiger partial charge in [-0.15, -0.1) is 0 Å². The van der Waals surface area contributed by atoms with Crippen LogP contribution in [0.15, 0.2) is 23.3 Å². The van der Waals surface area contributed by atoms with E-state index < -0.39 is 0 Å². The van der Waals surface area contributed by atoms with E-state index in [2.05, 4.69) is 17.7 Å². The van der Waals surface area contributed by atoms with Crippen LogP contribution in [0, 0.1) is 11.8 Å². The summed E-state index contributed by atoms with van der Waals surface area (Å²) in [7, 11) is 1.43. The molecule has 2 aliphatic rings.